The summed E-state index contributed by atoms with van der Waals surface area (Å²) in [5.74, 6) is 0.809. The van der Waals surface area contributed by atoms with E-state index in [1.54, 1.807) is 6.07 Å². The normalized spacial score (nSPS) is 12.1. The molecule has 0 aliphatic carbocycles. The predicted molar refractivity (Wildman–Crippen MR) is 75.6 cm³/mol. The molecule has 1 aromatic carbocycles. The van der Waals surface area contributed by atoms with Gasteiger partial charge in [-0.25, -0.2) is 0 Å². The van der Waals surface area contributed by atoms with E-state index in [9.17, 15) is 14.3 Å². The number of aliphatic hydroxyl groups excluding tert-OH is 1. The van der Waals surface area contributed by atoms with Crippen molar-refractivity contribution < 1.29 is 14.2 Å². The van der Waals surface area contributed by atoms with Crippen LogP contribution in [0.4, 0.5) is 17.1 Å². The first-order chi connectivity index (χ1) is 9.04. The summed E-state index contributed by atoms with van der Waals surface area (Å²) in [5, 5.41) is 22.3. The minimum absolute atomic E-state index is 0.0165. The number of rotatable bonds is 8. The highest BCUT2D eigenvalue weighted by Crippen LogP contribution is 2.26. The summed E-state index contributed by atoms with van der Waals surface area (Å²) in [6, 6.07) is 4.38. The molecule has 1 aromatic rings. The third-order valence-electron chi connectivity index (χ3n) is 2.39. The van der Waals surface area contributed by atoms with Crippen LogP contribution >= 0.6 is 0 Å². The summed E-state index contributed by atoms with van der Waals surface area (Å²) in [4.78, 5) is 10.3. The van der Waals surface area contributed by atoms with Gasteiger partial charge in [0.25, 0.3) is 5.69 Å². The molecule has 19 heavy (non-hydrogen) atoms. The second-order valence-corrected chi connectivity index (χ2v) is 5.58. The predicted octanol–water partition coefficient (Wildman–Crippen LogP) is 0.720. The van der Waals surface area contributed by atoms with Gasteiger partial charge in [0.15, 0.2) is 0 Å². The number of nitro groups is 1. The van der Waals surface area contributed by atoms with Crippen molar-refractivity contribution in [3.8, 4) is 0 Å². The van der Waals surface area contributed by atoms with Crippen molar-refractivity contribution in [3.63, 3.8) is 0 Å². The molecule has 7 nitrogen and oxygen atoms in total. The van der Waals surface area contributed by atoms with Gasteiger partial charge >= 0.3 is 0 Å². The summed E-state index contributed by atoms with van der Waals surface area (Å²) in [5.41, 5.74) is 6.08. The van der Waals surface area contributed by atoms with Crippen LogP contribution in [-0.4, -0.2) is 38.9 Å². The first kappa shape index (κ1) is 15.4. The summed E-state index contributed by atoms with van der Waals surface area (Å²) < 4.78 is 11.5. The maximum atomic E-state index is 11.5. The number of hydrogen-bond donors (Lipinski definition) is 3. The van der Waals surface area contributed by atoms with Crippen LogP contribution in [0.1, 0.15) is 6.42 Å². The monoisotopic (exact) mass is 287 g/mol. The van der Waals surface area contributed by atoms with Crippen LogP contribution in [0.2, 0.25) is 0 Å². The minimum Gasteiger partial charge on any atom is -0.399 e. The second-order valence-electron chi connectivity index (χ2n) is 3.89. The molecular weight excluding hydrogens is 270 g/mol. The highest BCUT2D eigenvalue weighted by atomic mass is 32.2. The molecule has 0 saturated carbocycles. The van der Waals surface area contributed by atoms with Gasteiger partial charge in [0, 0.05) is 47.2 Å². The van der Waals surface area contributed by atoms with Crippen LogP contribution in [0.5, 0.6) is 0 Å². The number of anilines is 2. The Balaban J connectivity index is 2.53. The van der Waals surface area contributed by atoms with Crippen molar-refractivity contribution in [2.24, 2.45) is 0 Å². The van der Waals surface area contributed by atoms with E-state index in [1.807, 2.05) is 0 Å². The van der Waals surface area contributed by atoms with E-state index in [1.165, 1.54) is 12.1 Å². The second kappa shape index (κ2) is 7.70. The number of nitrogen functional groups attached to an aromatic ring is 1. The first-order valence-corrected chi connectivity index (χ1v) is 7.27. The largest absolute Gasteiger partial charge is 0.399 e. The molecule has 1 rings (SSSR count). The van der Waals surface area contributed by atoms with Crippen molar-refractivity contribution in [3.05, 3.63) is 28.3 Å². The SMILES string of the molecule is Nc1ccc(NCCS(=O)CCCO)c([N+](=O)[O-])c1. The first-order valence-electron chi connectivity index (χ1n) is 5.78. The van der Waals surface area contributed by atoms with Crippen LogP contribution in [0.15, 0.2) is 18.2 Å². The Bertz CT molecular complexity index is 467. The molecule has 106 valence electrons. The molecule has 0 saturated heterocycles. The molecule has 0 heterocycles. The van der Waals surface area contributed by atoms with Crippen LogP contribution in [0.3, 0.4) is 0 Å². The Labute approximate surface area is 113 Å². The average Bonchev–Trinajstić information content (AvgIpc) is 2.37. The lowest BCUT2D eigenvalue weighted by atomic mass is 10.2. The number of nitro benzene ring substituents is 1. The molecule has 0 aliphatic rings. The summed E-state index contributed by atoms with van der Waals surface area (Å²) in [7, 11) is -1.03. The Morgan fingerprint density at radius 1 is 1.42 bits per heavy atom. The molecule has 0 radical (unpaired) electrons. The van der Waals surface area contributed by atoms with Crippen molar-refractivity contribution in [1.29, 1.82) is 0 Å². The Kier molecular flexibility index (Phi) is 6.23. The number of nitrogens with zero attached hydrogens (tertiary/aromatic N) is 1. The lowest BCUT2D eigenvalue weighted by Crippen LogP contribution is -2.14. The van der Waals surface area contributed by atoms with E-state index in [4.69, 9.17) is 10.8 Å². The zero-order valence-corrected chi connectivity index (χ0v) is 11.2. The number of nitrogens with two attached hydrogens (primary N) is 1. The fraction of sp³-hybridized carbons (Fsp3) is 0.455. The van der Waals surface area contributed by atoms with Gasteiger partial charge in [0.05, 0.1) is 4.92 Å². The summed E-state index contributed by atoms with van der Waals surface area (Å²) >= 11 is 0. The molecule has 1 unspecified atom stereocenters. The van der Waals surface area contributed by atoms with Crippen LogP contribution in [0.25, 0.3) is 0 Å². The highest BCUT2D eigenvalue weighted by Gasteiger charge is 2.13. The van der Waals surface area contributed by atoms with Crippen LogP contribution < -0.4 is 11.1 Å². The number of aliphatic hydroxyl groups is 1. The van der Waals surface area contributed by atoms with E-state index < -0.39 is 15.7 Å². The molecule has 0 amide bonds. The fourth-order valence-electron chi connectivity index (χ4n) is 1.48. The number of hydrogen-bond acceptors (Lipinski definition) is 6. The number of nitrogens with one attached hydrogen (secondary N) is 1. The van der Waals surface area contributed by atoms with Gasteiger partial charge in [-0.3, -0.25) is 14.3 Å². The van der Waals surface area contributed by atoms with Crippen molar-refractivity contribution >= 4 is 27.9 Å². The van der Waals surface area contributed by atoms with Crippen molar-refractivity contribution in [2.75, 3.05) is 35.7 Å². The third kappa shape index (κ3) is 5.23. The van der Waals surface area contributed by atoms with Gasteiger partial charge in [0.1, 0.15) is 5.69 Å². The van der Waals surface area contributed by atoms with E-state index in [-0.39, 0.29) is 12.3 Å². The van der Waals surface area contributed by atoms with Gasteiger partial charge in [-0.15, -0.1) is 0 Å². The van der Waals surface area contributed by atoms with Gasteiger partial charge in [-0.1, -0.05) is 0 Å². The van der Waals surface area contributed by atoms with E-state index >= 15 is 0 Å². The van der Waals surface area contributed by atoms with Crippen molar-refractivity contribution in [1.82, 2.24) is 0 Å². The molecule has 1 atom stereocenters. The van der Waals surface area contributed by atoms with Crippen LogP contribution in [-0.2, 0) is 10.8 Å². The minimum atomic E-state index is -1.03. The van der Waals surface area contributed by atoms with E-state index in [2.05, 4.69) is 5.32 Å². The van der Waals surface area contributed by atoms with Crippen LogP contribution in [0, 0.1) is 10.1 Å². The van der Waals surface area contributed by atoms with E-state index in [0.29, 0.717) is 35.8 Å². The van der Waals surface area contributed by atoms with Gasteiger partial charge in [-0.2, -0.15) is 0 Å². The average molecular weight is 287 g/mol. The molecule has 8 heteroatoms. The molecule has 4 N–H and O–H groups in total. The highest BCUT2D eigenvalue weighted by molar-refractivity contribution is 7.85. The topological polar surface area (TPSA) is 118 Å². The molecule has 0 aromatic heterocycles. The third-order valence-corrected chi connectivity index (χ3v) is 3.80. The standard InChI is InChI=1S/C11H17N3O4S/c12-9-2-3-10(11(8-9)14(16)17)13-4-7-19(18)6-1-5-15/h2-3,8,13,15H,1,4-7,12H2. The van der Waals surface area contributed by atoms with E-state index in [0.717, 1.165) is 0 Å². The quantitative estimate of drug-likeness (QED) is 0.368. The Morgan fingerprint density at radius 3 is 2.79 bits per heavy atom. The van der Waals surface area contributed by atoms with Gasteiger partial charge in [-0.05, 0) is 18.6 Å². The summed E-state index contributed by atoms with van der Waals surface area (Å²) in [6.07, 6.45) is 0.495. The molecule has 0 aliphatic heterocycles. The molecule has 0 spiro atoms. The Morgan fingerprint density at radius 2 is 2.16 bits per heavy atom. The maximum absolute atomic E-state index is 11.5. The smallest absolute Gasteiger partial charge is 0.294 e. The Hall–Kier alpha value is -1.67. The molecular formula is C11H17N3O4S. The number of benzene rings is 1. The van der Waals surface area contributed by atoms with Crippen molar-refractivity contribution in [2.45, 2.75) is 6.42 Å². The lowest BCUT2D eigenvalue weighted by Gasteiger charge is -2.07. The van der Waals surface area contributed by atoms with Gasteiger partial charge in [0.2, 0.25) is 0 Å². The zero-order valence-electron chi connectivity index (χ0n) is 10.4. The molecule has 0 bridgehead atoms. The van der Waals surface area contributed by atoms with Gasteiger partial charge < -0.3 is 16.2 Å². The fourth-order valence-corrected chi connectivity index (χ4v) is 2.46. The molecule has 0 fully saturated rings. The maximum Gasteiger partial charge on any atom is 0.294 e. The lowest BCUT2D eigenvalue weighted by molar-refractivity contribution is -0.383. The zero-order chi connectivity index (χ0) is 14.3. The summed E-state index contributed by atoms with van der Waals surface area (Å²) in [6.45, 7) is 0.380.